The zero-order valence-electron chi connectivity index (χ0n) is 10.3. The van der Waals surface area contributed by atoms with Crippen molar-refractivity contribution in [3.05, 3.63) is 27.7 Å². The van der Waals surface area contributed by atoms with E-state index in [0.29, 0.717) is 9.50 Å². The Kier molecular flexibility index (Phi) is 5.00. The Morgan fingerprint density at radius 2 is 2.05 bits per heavy atom. The van der Waals surface area contributed by atoms with Crippen LogP contribution in [0.2, 0.25) is 5.02 Å². The van der Waals surface area contributed by atoms with Crippen LogP contribution >= 0.6 is 27.5 Å². The number of carboxylic acid groups (broad SMARTS) is 1. The van der Waals surface area contributed by atoms with Crippen molar-refractivity contribution in [3.63, 3.8) is 0 Å². The van der Waals surface area contributed by atoms with E-state index in [0.717, 1.165) is 0 Å². The molecule has 0 amide bonds. The summed E-state index contributed by atoms with van der Waals surface area (Å²) < 4.78 is 26.7. The van der Waals surface area contributed by atoms with E-state index >= 15 is 0 Å². The molecule has 0 radical (unpaired) electrons. The summed E-state index contributed by atoms with van der Waals surface area (Å²) in [6.07, 6.45) is 0. The third-order valence-electron chi connectivity index (χ3n) is 2.48. The minimum atomic E-state index is -3.77. The normalized spacial score (nSPS) is 12.4. The number of hydrogen-bond donors (Lipinski definition) is 2. The molecule has 0 aliphatic carbocycles. The van der Waals surface area contributed by atoms with Crippen LogP contribution in [-0.4, -0.2) is 26.0 Å². The quantitative estimate of drug-likeness (QED) is 0.834. The van der Waals surface area contributed by atoms with Gasteiger partial charge in [0.2, 0.25) is 10.0 Å². The lowest BCUT2D eigenvalue weighted by atomic mass is 9.95. The molecule has 0 heterocycles. The molecule has 1 aromatic carbocycles. The lowest BCUT2D eigenvalue weighted by Gasteiger charge is -2.19. The number of sulfonamides is 1. The Bertz CT molecular complexity index is 601. The molecule has 0 bridgehead atoms. The van der Waals surface area contributed by atoms with Crippen LogP contribution in [0, 0.1) is 5.41 Å². The average Bonchev–Trinajstić information content (AvgIpc) is 2.30. The molecule has 106 valence electrons. The summed E-state index contributed by atoms with van der Waals surface area (Å²) in [6.45, 7) is 2.68. The van der Waals surface area contributed by atoms with Crippen molar-refractivity contribution in [1.82, 2.24) is 4.72 Å². The number of halogens is 2. The molecule has 0 aliphatic heterocycles. The summed E-state index contributed by atoms with van der Waals surface area (Å²) in [5.41, 5.74) is -1.18. The molecule has 0 aliphatic rings. The number of carbonyl (C=O) groups is 1. The van der Waals surface area contributed by atoms with Crippen LogP contribution in [0.25, 0.3) is 0 Å². The van der Waals surface area contributed by atoms with Gasteiger partial charge in [-0.15, -0.1) is 0 Å². The van der Waals surface area contributed by atoms with Crippen LogP contribution in [0.15, 0.2) is 27.6 Å². The third kappa shape index (κ3) is 4.17. The van der Waals surface area contributed by atoms with Crippen molar-refractivity contribution in [1.29, 1.82) is 0 Å². The second-order valence-electron chi connectivity index (χ2n) is 4.59. The molecule has 2 N–H and O–H groups in total. The van der Waals surface area contributed by atoms with Crippen molar-refractivity contribution in [2.75, 3.05) is 6.54 Å². The Morgan fingerprint density at radius 1 is 1.47 bits per heavy atom. The number of nitrogens with one attached hydrogen (secondary N) is 1. The molecule has 19 heavy (non-hydrogen) atoms. The van der Waals surface area contributed by atoms with Crippen molar-refractivity contribution in [3.8, 4) is 0 Å². The van der Waals surface area contributed by atoms with Crippen LogP contribution < -0.4 is 4.72 Å². The fraction of sp³-hybridized carbons (Fsp3) is 0.364. The van der Waals surface area contributed by atoms with E-state index in [1.54, 1.807) is 0 Å². The molecule has 0 saturated heterocycles. The third-order valence-corrected chi connectivity index (χ3v) is 5.10. The Balaban J connectivity index is 2.93. The van der Waals surface area contributed by atoms with Crippen molar-refractivity contribution < 1.29 is 18.3 Å². The Hall–Kier alpha value is -0.630. The van der Waals surface area contributed by atoms with Gasteiger partial charge in [0.05, 0.1) is 15.3 Å². The van der Waals surface area contributed by atoms with E-state index in [2.05, 4.69) is 20.7 Å². The summed E-state index contributed by atoms with van der Waals surface area (Å²) in [6, 6.07) is 4.16. The van der Waals surface area contributed by atoms with Crippen LogP contribution in [0.5, 0.6) is 0 Å². The van der Waals surface area contributed by atoms with E-state index in [-0.39, 0.29) is 11.4 Å². The van der Waals surface area contributed by atoms with E-state index in [1.165, 1.54) is 32.0 Å². The SMILES string of the molecule is CC(C)(CNS(=O)(=O)c1ccc(Cl)c(Br)c1)C(=O)O. The number of hydrogen-bond acceptors (Lipinski definition) is 3. The predicted molar refractivity (Wildman–Crippen MR) is 75.8 cm³/mol. The van der Waals surface area contributed by atoms with Crippen molar-refractivity contribution >= 4 is 43.5 Å². The highest BCUT2D eigenvalue weighted by Crippen LogP contribution is 2.25. The van der Waals surface area contributed by atoms with Crippen LogP contribution in [0.3, 0.4) is 0 Å². The highest BCUT2D eigenvalue weighted by molar-refractivity contribution is 9.10. The summed E-state index contributed by atoms with van der Waals surface area (Å²) in [5.74, 6) is -1.08. The number of benzene rings is 1. The van der Waals surface area contributed by atoms with Gasteiger partial charge in [0, 0.05) is 11.0 Å². The van der Waals surface area contributed by atoms with Crippen LogP contribution in [0.4, 0.5) is 0 Å². The largest absolute Gasteiger partial charge is 0.481 e. The zero-order valence-corrected chi connectivity index (χ0v) is 13.4. The van der Waals surface area contributed by atoms with Gasteiger partial charge in [0.25, 0.3) is 0 Å². The highest BCUT2D eigenvalue weighted by atomic mass is 79.9. The lowest BCUT2D eigenvalue weighted by Crippen LogP contribution is -2.38. The maximum absolute atomic E-state index is 12.0. The van der Waals surface area contributed by atoms with Gasteiger partial charge >= 0.3 is 5.97 Å². The molecular formula is C11H13BrClNO4S. The number of carboxylic acids is 1. The van der Waals surface area contributed by atoms with Gasteiger partial charge in [-0.1, -0.05) is 11.6 Å². The molecule has 0 saturated carbocycles. The van der Waals surface area contributed by atoms with Gasteiger partial charge in [0.15, 0.2) is 0 Å². The van der Waals surface area contributed by atoms with Gasteiger partial charge in [-0.05, 0) is 48.0 Å². The zero-order chi connectivity index (χ0) is 14.8. The van der Waals surface area contributed by atoms with Crippen molar-refractivity contribution in [2.45, 2.75) is 18.7 Å². The minimum absolute atomic E-state index is 0.0185. The molecule has 8 heteroatoms. The molecule has 0 fully saturated rings. The molecule has 0 aromatic heterocycles. The van der Waals surface area contributed by atoms with E-state index in [1.807, 2.05) is 0 Å². The fourth-order valence-corrected chi connectivity index (χ4v) is 2.96. The fourth-order valence-electron chi connectivity index (χ4n) is 1.08. The predicted octanol–water partition coefficient (Wildman–Crippen LogP) is 2.49. The van der Waals surface area contributed by atoms with E-state index in [9.17, 15) is 13.2 Å². The van der Waals surface area contributed by atoms with Crippen LogP contribution in [0.1, 0.15) is 13.8 Å². The van der Waals surface area contributed by atoms with Gasteiger partial charge < -0.3 is 5.11 Å². The summed E-state index contributed by atoms with van der Waals surface area (Å²) in [4.78, 5) is 10.9. The Labute approximate surface area is 125 Å². The number of rotatable bonds is 5. The number of aliphatic carboxylic acids is 1. The van der Waals surface area contributed by atoms with Gasteiger partial charge in [-0.25, -0.2) is 13.1 Å². The molecular weight excluding hydrogens is 358 g/mol. The first-order chi connectivity index (χ1) is 8.56. The van der Waals surface area contributed by atoms with Gasteiger partial charge in [-0.3, -0.25) is 4.79 Å². The molecule has 1 rings (SSSR count). The van der Waals surface area contributed by atoms with Gasteiger partial charge in [-0.2, -0.15) is 0 Å². The monoisotopic (exact) mass is 369 g/mol. The highest BCUT2D eigenvalue weighted by Gasteiger charge is 2.29. The first-order valence-electron chi connectivity index (χ1n) is 5.24. The maximum Gasteiger partial charge on any atom is 0.310 e. The molecule has 0 spiro atoms. The molecule has 5 nitrogen and oxygen atoms in total. The molecule has 0 unspecified atom stereocenters. The second-order valence-corrected chi connectivity index (χ2v) is 7.62. The first kappa shape index (κ1) is 16.4. The molecule has 0 atom stereocenters. The summed E-state index contributed by atoms with van der Waals surface area (Å²) in [5, 5.41) is 9.32. The Morgan fingerprint density at radius 3 is 2.53 bits per heavy atom. The maximum atomic E-state index is 12.0. The lowest BCUT2D eigenvalue weighted by molar-refractivity contribution is -0.146. The summed E-state index contributed by atoms with van der Waals surface area (Å²) >= 11 is 8.92. The smallest absolute Gasteiger partial charge is 0.310 e. The van der Waals surface area contributed by atoms with Gasteiger partial charge in [0.1, 0.15) is 0 Å². The average molecular weight is 371 g/mol. The van der Waals surface area contributed by atoms with E-state index in [4.69, 9.17) is 16.7 Å². The standard InChI is InChI=1S/C11H13BrClNO4S/c1-11(2,10(15)16)6-14-19(17,18)7-3-4-9(13)8(12)5-7/h3-5,14H,6H2,1-2H3,(H,15,16). The van der Waals surface area contributed by atoms with E-state index < -0.39 is 21.4 Å². The van der Waals surface area contributed by atoms with Crippen LogP contribution in [-0.2, 0) is 14.8 Å². The van der Waals surface area contributed by atoms with Crippen molar-refractivity contribution in [2.24, 2.45) is 5.41 Å². The first-order valence-corrected chi connectivity index (χ1v) is 7.90. The second kappa shape index (κ2) is 5.78. The molecule has 1 aromatic rings. The minimum Gasteiger partial charge on any atom is -0.481 e. The topological polar surface area (TPSA) is 83.5 Å². The summed E-state index contributed by atoms with van der Waals surface area (Å²) in [7, 11) is -3.77.